The van der Waals surface area contributed by atoms with Crippen LogP contribution in [0, 0.1) is 0 Å². The summed E-state index contributed by atoms with van der Waals surface area (Å²) in [5, 5.41) is 2.76. The molecule has 0 aromatic rings. The molecule has 0 aliphatic carbocycles. The lowest BCUT2D eigenvalue weighted by molar-refractivity contribution is -0.122. The summed E-state index contributed by atoms with van der Waals surface area (Å²) in [4.78, 5) is 23.9. The molecule has 1 heterocycles. The molecule has 1 aliphatic heterocycles. The van der Waals surface area contributed by atoms with E-state index in [9.17, 15) is 9.59 Å². The van der Waals surface area contributed by atoms with Crippen LogP contribution in [0.15, 0.2) is 0 Å². The highest BCUT2D eigenvalue weighted by Gasteiger charge is 2.23. The van der Waals surface area contributed by atoms with Crippen LogP contribution in [0.5, 0.6) is 0 Å². The summed E-state index contributed by atoms with van der Waals surface area (Å²) in [6.45, 7) is 4.69. The summed E-state index contributed by atoms with van der Waals surface area (Å²) in [5.74, 6) is 0.721. The zero-order valence-electron chi connectivity index (χ0n) is 7.87. The van der Waals surface area contributed by atoms with Crippen molar-refractivity contribution in [3.8, 4) is 0 Å². The molecule has 74 valence electrons. The predicted octanol–water partition coefficient (Wildman–Crippen LogP) is 0.680. The first-order valence-corrected chi connectivity index (χ1v) is 5.29. The third kappa shape index (κ3) is 3.26. The normalized spacial score (nSPS) is 16.8. The second-order valence-corrected chi connectivity index (χ2v) is 4.30. The molecule has 1 saturated heterocycles. The predicted molar refractivity (Wildman–Crippen MR) is 52.7 cm³/mol. The Morgan fingerprint density at radius 2 is 2.38 bits per heavy atom. The van der Waals surface area contributed by atoms with E-state index in [0.717, 1.165) is 5.75 Å². The average molecular weight is 202 g/mol. The van der Waals surface area contributed by atoms with Crippen molar-refractivity contribution in [2.75, 3.05) is 18.8 Å². The Labute approximate surface area is 82.0 Å². The van der Waals surface area contributed by atoms with Crippen molar-refractivity contribution >= 4 is 22.9 Å². The molecule has 1 rings (SSSR count). The van der Waals surface area contributed by atoms with E-state index in [4.69, 9.17) is 0 Å². The summed E-state index contributed by atoms with van der Waals surface area (Å²) in [5.41, 5.74) is 0. The Bertz CT molecular complexity index is 218. The first kappa shape index (κ1) is 10.4. The highest BCUT2D eigenvalue weighted by molar-refractivity contribution is 8.13. The number of thioether (sulfide) groups is 1. The van der Waals surface area contributed by atoms with Crippen LogP contribution in [0.2, 0.25) is 0 Å². The summed E-state index contributed by atoms with van der Waals surface area (Å²) in [6.07, 6.45) is 0. The van der Waals surface area contributed by atoms with Crippen molar-refractivity contribution in [3.63, 3.8) is 0 Å². The van der Waals surface area contributed by atoms with E-state index < -0.39 is 0 Å². The minimum absolute atomic E-state index is 0.0129. The van der Waals surface area contributed by atoms with Crippen molar-refractivity contribution in [1.29, 1.82) is 0 Å². The van der Waals surface area contributed by atoms with Crippen LogP contribution in [0.4, 0.5) is 4.79 Å². The molecule has 0 bridgehead atoms. The monoisotopic (exact) mass is 202 g/mol. The maximum Gasteiger partial charge on any atom is 0.282 e. The van der Waals surface area contributed by atoms with Crippen LogP contribution >= 0.6 is 11.8 Å². The van der Waals surface area contributed by atoms with E-state index in [2.05, 4.69) is 5.32 Å². The van der Waals surface area contributed by atoms with Gasteiger partial charge in [-0.25, -0.2) is 0 Å². The fraction of sp³-hybridized carbons (Fsp3) is 0.750. The Hall–Kier alpha value is -0.710. The summed E-state index contributed by atoms with van der Waals surface area (Å²) in [7, 11) is 0. The van der Waals surface area contributed by atoms with Crippen LogP contribution in [-0.2, 0) is 4.79 Å². The molecule has 0 atom stereocenters. The quantitative estimate of drug-likeness (QED) is 0.732. The van der Waals surface area contributed by atoms with Crippen molar-refractivity contribution in [2.24, 2.45) is 0 Å². The van der Waals surface area contributed by atoms with Gasteiger partial charge in [-0.15, -0.1) is 0 Å². The van der Waals surface area contributed by atoms with Gasteiger partial charge in [0.05, 0.1) is 0 Å². The molecule has 1 fully saturated rings. The largest absolute Gasteiger partial charge is 0.352 e. The second kappa shape index (κ2) is 4.50. The molecule has 0 saturated carbocycles. The lowest BCUT2D eigenvalue weighted by atomic mass is 10.4. The molecule has 0 spiro atoms. The first-order chi connectivity index (χ1) is 6.09. The van der Waals surface area contributed by atoms with Crippen molar-refractivity contribution in [1.82, 2.24) is 10.2 Å². The van der Waals surface area contributed by atoms with Gasteiger partial charge < -0.3 is 10.2 Å². The third-order valence-corrected chi connectivity index (χ3v) is 2.52. The number of nitrogens with zero attached hydrogens (tertiary/aromatic N) is 1. The highest BCUT2D eigenvalue weighted by atomic mass is 32.2. The van der Waals surface area contributed by atoms with Crippen LogP contribution in [0.25, 0.3) is 0 Å². The SMILES string of the molecule is CC(C)NC(=O)CN1CCSC1=O. The van der Waals surface area contributed by atoms with Gasteiger partial charge in [0, 0.05) is 18.3 Å². The Kier molecular flexibility index (Phi) is 3.59. The van der Waals surface area contributed by atoms with Gasteiger partial charge in [0.15, 0.2) is 0 Å². The van der Waals surface area contributed by atoms with E-state index in [-0.39, 0.29) is 23.7 Å². The fourth-order valence-electron chi connectivity index (χ4n) is 1.11. The Morgan fingerprint density at radius 1 is 1.69 bits per heavy atom. The zero-order valence-corrected chi connectivity index (χ0v) is 8.69. The lowest BCUT2D eigenvalue weighted by Crippen LogP contribution is -2.40. The number of rotatable bonds is 3. The molecular formula is C8H14N2O2S. The van der Waals surface area contributed by atoms with Crippen LogP contribution in [0.1, 0.15) is 13.8 Å². The van der Waals surface area contributed by atoms with E-state index >= 15 is 0 Å². The van der Waals surface area contributed by atoms with Gasteiger partial charge in [0.1, 0.15) is 6.54 Å². The standard InChI is InChI=1S/C8H14N2O2S/c1-6(2)9-7(11)5-10-3-4-13-8(10)12/h6H,3-5H2,1-2H3,(H,9,11). The van der Waals surface area contributed by atoms with Crippen molar-refractivity contribution in [2.45, 2.75) is 19.9 Å². The highest BCUT2D eigenvalue weighted by Crippen LogP contribution is 2.16. The van der Waals surface area contributed by atoms with Gasteiger partial charge >= 0.3 is 0 Å². The number of carbonyl (C=O) groups excluding carboxylic acids is 2. The molecule has 1 N–H and O–H groups in total. The fourth-order valence-corrected chi connectivity index (χ4v) is 1.94. The van der Waals surface area contributed by atoms with Gasteiger partial charge in [-0.3, -0.25) is 9.59 Å². The third-order valence-electron chi connectivity index (χ3n) is 1.63. The zero-order chi connectivity index (χ0) is 9.84. The molecule has 0 aromatic carbocycles. The molecule has 0 aromatic heterocycles. The van der Waals surface area contributed by atoms with E-state index in [1.54, 1.807) is 4.90 Å². The van der Waals surface area contributed by atoms with E-state index in [1.165, 1.54) is 11.8 Å². The molecule has 0 radical (unpaired) electrons. The first-order valence-electron chi connectivity index (χ1n) is 4.30. The van der Waals surface area contributed by atoms with Gasteiger partial charge in [-0.1, -0.05) is 11.8 Å². The number of nitrogens with one attached hydrogen (secondary N) is 1. The number of amides is 2. The van der Waals surface area contributed by atoms with Gasteiger partial charge in [0.2, 0.25) is 5.91 Å². The molecule has 0 unspecified atom stereocenters. The molecular weight excluding hydrogens is 188 g/mol. The van der Waals surface area contributed by atoms with Crippen LogP contribution < -0.4 is 5.32 Å². The molecule has 1 aliphatic rings. The summed E-state index contributed by atoms with van der Waals surface area (Å²) < 4.78 is 0. The maximum absolute atomic E-state index is 11.2. The second-order valence-electron chi connectivity index (χ2n) is 3.26. The minimum atomic E-state index is -0.0779. The van der Waals surface area contributed by atoms with Crippen molar-refractivity contribution in [3.05, 3.63) is 0 Å². The summed E-state index contributed by atoms with van der Waals surface area (Å²) >= 11 is 1.27. The molecule has 4 nitrogen and oxygen atoms in total. The van der Waals surface area contributed by atoms with E-state index in [1.807, 2.05) is 13.8 Å². The Balaban J connectivity index is 2.31. The van der Waals surface area contributed by atoms with Gasteiger partial charge in [-0.05, 0) is 13.8 Å². The summed E-state index contributed by atoms with van der Waals surface area (Å²) in [6, 6.07) is 0.137. The average Bonchev–Trinajstić information content (AvgIpc) is 2.34. The number of carbonyl (C=O) groups is 2. The maximum atomic E-state index is 11.2. The van der Waals surface area contributed by atoms with Crippen LogP contribution in [0.3, 0.4) is 0 Å². The molecule has 5 heteroatoms. The topological polar surface area (TPSA) is 49.4 Å². The van der Waals surface area contributed by atoms with Gasteiger partial charge in [0.25, 0.3) is 5.24 Å². The number of hydrogen-bond acceptors (Lipinski definition) is 3. The number of hydrogen-bond donors (Lipinski definition) is 1. The Morgan fingerprint density at radius 3 is 2.85 bits per heavy atom. The van der Waals surface area contributed by atoms with E-state index in [0.29, 0.717) is 6.54 Å². The van der Waals surface area contributed by atoms with Crippen LogP contribution in [-0.4, -0.2) is 40.9 Å². The lowest BCUT2D eigenvalue weighted by Gasteiger charge is -2.15. The van der Waals surface area contributed by atoms with Gasteiger partial charge in [-0.2, -0.15) is 0 Å². The minimum Gasteiger partial charge on any atom is -0.352 e. The van der Waals surface area contributed by atoms with Crippen molar-refractivity contribution < 1.29 is 9.59 Å². The molecule has 13 heavy (non-hydrogen) atoms. The smallest absolute Gasteiger partial charge is 0.282 e. The molecule has 2 amide bonds.